The summed E-state index contributed by atoms with van der Waals surface area (Å²) in [5.74, 6) is 0. The van der Waals surface area contributed by atoms with Crippen LogP contribution < -0.4 is 5.32 Å². The fourth-order valence-electron chi connectivity index (χ4n) is 3.51. The van der Waals surface area contributed by atoms with E-state index in [1.165, 1.54) is 34.4 Å². The maximum absolute atomic E-state index is 12.7. The zero-order chi connectivity index (χ0) is 26.9. The van der Waals surface area contributed by atoms with E-state index < -0.39 is 18.0 Å². The van der Waals surface area contributed by atoms with Crippen LogP contribution in [0.4, 0.5) is 13.2 Å². The minimum absolute atomic E-state index is 0.278. The second-order valence-corrected chi connectivity index (χ2v) is 9.10. The average Bonchev–Trinajstić information content (AvgIpc) is 2.74. The molecule has 0 aromatic heterocycles. The molecule has 2 aromatic carbocycles. The maximum atomic E-state index is 12.7. The molecule has 6 heteroatoms. The Bertz CT molecular complexity index is 1040. The quantitative estimate of drug-likeness (QED) is 0.268. The Labute approximate surface area is 207 Å². The van der Waals surface area contributed by atoms with Gasteiger partial charge in [0.2, 0.25) is 0 Å². The van der Waals surface area contributed by atoms with Gasteiger partial charge in [-0.05, 0) is 94.3 Å². The molecular weight excluding hydrogens is 451 g/mol. The smallest absolute Gasteiger partial charge is 0.368 e. The van der Waals surface area contributed by atoms with Gasteiger partial charge in [0, 0.05) is 17.8 Å². The Balaban J connectivity index is 0.000000762. The molecule has 2 rings (SSSR count). The van der Waals surface area contributed by atoms with Crippen LogP contribution in [0.25, 0.3) is 5.70 Å². The first-order valence-corrected chi connectivity index (χ1v) is 11.5. The molecule has 0 aliphatic rings. The van der Waals surface area contributed by atoms with Gasteiger partial charge in [-0.3, -0.25) is 0 Å². The van der Waals surface area contributed by atoms with Crippen molar-refractivity contribution in [3.05, 3.63) is 99.8 Å². The van der Waals surface area contributed by atoms with Gasteiger partial charge in [0.25, 0.3) is 0 Å². The van der Waals surface area contributed by atoms with Crippen molar-refractivity contribution < 1.29 is 23.4 Å². The molecule has 0 fully saturated rings. The lowest BCUT2D eigenvalue weighted by Crippen LogP contribution is -2.14. The Morgan fingerprint density at radius 1 is 0.914 bits per heavy atom. The number of aliphatic hydroxyl groups is 2. The Morgan fingerprint density at radius 3 is 1.89 bits per heavy atom. The highest BCUT2D eigenvalue weighted by atomic mass is 19.4. The number of aryl methyl sites for hydroxylation is 2. The van der Waals surface area contributed by atoms with Crippen LogP contribution in [0, 0.1) is 20.8 Å². The molecule has 0 aliphatic heterocycles. The molecule has 0 aliphatic carbocycles. The molecule has 35 heavy (non-hydrogen) atoms. The SMILES string of the molecule is C=C(C)CC(O)O.C=C(NC(CCc1c(C)ccc(C)c1C)=C(C)C)c1ccc(C(F)(F)F)cc1. The molecule has 0 unspecified atom stereocenters. The van der Waals surface area contributed by atoms with Crippen molar-refractivity contribution in [2.24, 2.45) is 0 Å². The van der Waals surface area contributed by atoms with E-state index in [9.17, 15) is 13.2 Å². The first-order valence-electron chi connectivity index (χ1n) is 11.5. The van der Waals surface area contributed by atoms with Crippen LogP contribution in [0.2, 0.25) is 0 Å². The molecular formula is C29H38F3NO2. The van der Waals surface area contributed by atoms with Crippen molar-refractivity contribution in [3.63, 3.8) is 0 Å². The summed E-state index contributed by atoms with van der Waals surface area (Å²) in [7, 11) is 0. The molecule has 0 saturated heterocycles. The number of hydrogen-bond acceptors (Lipinski definition) is 3. The predicted octanol–water partition coefficient (Wildman–Crippen LogP) is 7.38. The molecule has 0 bridgehead atoms. The van der Waals surface area contributed by atoms with Crippen molar-refractivity contribution in [2.45, 2.75) is 73.3 Å². The topological polar surface area (TPSA) is 52.5 Å². The summed E-state index contributed by atoms with van der Waals surface area (Å²) >= 11 is 0. The van der Waals surface area contributed by atoms with Gasteiger partial charge in [-0.2, -0.15) is 13.2 Å². The van der Waals surface area contributed by atoms with E-state index in [1.54, 1.807) is 6.92 Å². The summed E-state index contributed by atoms with van der Waals surface area (Å²) in [6, 6.07) is 9.37. The predicted molar refractivity (Wildman–Crippen MR) is 139 cm³/mol. The Kier molecular flexibility index (Phi) is 11.5. The highest BCUT2D eigenvalue weighted by Gasteiger charge is 2.30. The van der Waals surface area contributed by atoms with Gasteiger partial charge in [0.05, 0.1) is 5.56 Å². The van der Waals surface area contributed by atoms with Gasteiger partial charge in [0.15, 0.2) is 6.29 Å². The van der Waals surface area contributed by atoms with Crippen LogP contribution in [0.5, 0.6) is 0 Å². The molecule has 0 atom stereocenters. The number of nitrogens with one attached hydrogen (secondary N) is 1. The van der Waals surface area contributed by atoms with Crippen molar-refractivity contribution in [1.29, 1.82) is 0 Å². The first kappa shape index (κ1) is 30.2. The van der Waals surface area contributed by atoms with Crippen LogP contribution in [-0.2, 0) is 12.6 Å². The lowest BCUT2D eigenvalue weighted by atomic mass is 9.94. The number of allylic oxidation sites excluding steroid dienone is 2. The molecule has 0 radical (unpaired) electrons. The zero-order valence-corrected chi connectivity index (χ0v) is 21.6. The molecule has 0 saturated carbocycles. The summed E-state index contributed by atoms with van der Waals surface area (Å²) in [5.41, 5.74) is 8.78. The third-order valence-electron chi connectivity index (χ3n) is 5.73. The van der Waals surface area contributed by atoms with Crippen LogP contribution in [0.1, 0.15) is 67.0 Å². The minimum Gasteiger partial charge on any atom is -0.368 e. The average molecular weight is 490 g/mol. The van der Waals surface area contributed by atoms with Gasteiger partial charge in [-0.1, -0.05) is 48.6 Å². The highest BCUT2D eigenvalue weighted by Crippen LogP contribution is 2.30. The Hall–Kier alpha value is -2.83. The minimum atomic E-state index is -4.33. The van der Waals surface area contributed by atoms with E-state index in [0.29, 0.717) is 11.3 Å². The first-order chi connectivity index (χ1) is 16.1. The van der Waals surface area contributed by atoms with Crippen molar-refractivity contribution in [3.8, 4) is 0 Å². The van der Waals surface area contributed by atoms with E-state index in [2.05, 4.69) is 51.4 Å². The molecule has 0 heterocycles. The van der Waals surface area contributed by atoms with Gasteiger partial charge in [-0.25, -0.2) is 0 Å². The number of halogens is 3. The van der Waals surface area contributed by atoms with Crippen molar-refractivity contribution in [2.75, 3.05) is 0 Å². The maximum Gasteiger partial charge on any atom is 0.416 e. The van der Waals surface area contributed by atoms with Crippen LogP contribution in [0.3, 0.4) is 0 Å². The molecule has 2 aromatic rings. The third kappa shape index (κ3) is 10.1. The molecule has 0 spiro atoms. The van der Waals surface area contributed by atoms with Crippen LogP contribution in [0.15, 0.2) is 66.4 Å². The zero-order valence-electron chi connectivity index (χ0n) is 21.6. The summed E-state index contributed by atoms with van der Waals surface area (Å²) in [6.45, 7) is 19.7. The highest BCUT2D eigenvalue weighted by molar-refractivity contribution is 5.63. The van der Waals surface area contributed by atoms with Crippen LogP contribution >= 0.6 is 0 Å². The fraction of sp³-hybridized carbons (Fsp3) is 0.379. The molecule has 3 nitrogen and oxygen atoms in total. The number of aliphatic hydroxyl groups excluding tert-OH is 1. The normalized spacial score (nSPS) is 11.0. The monoisotopic (exact) mass is 489 g/mol. The number of rotatable bonds is 8. The lowest BCUT2D eigenvalue weighted by molar-refractivity contribution is -0.137. The van der Waals surface area contributed by atoms with E-state index in [1.807, 2.05) is 13.8 Å². The summed E-state index contributed by atoms with van der Waals surface area (Å²) < 4.78 is 38.2. The summed E-state index contributed by atoms with van der Waals surface area (Å²) in [5, 5.41) is 19.8. The standard InChI is InChI=1S/C24H28F3N.C5H10O2/c1-15(2)23(14-13-22-17(4)8-7-16(3)18(22)5)28-19(6)20-9-11-21(12-10-20)24(25,26)27;1-4(2)3-5(6)7/h7-12,28H,6,13-14H2,1-5H3;5-7H,1,3H2,2H3. The van der Waals surface area contributed by atoms with Gasteiger partial charge in [-0.15, -0.1) is 0 Å². The van der Waals surface area contributed by atoms with Gasteiger partial charge in [0.1, 0.15) is 0 Å². The summed E-state index contributed by atoms with van der Waals surface area (Å²) in [6.07, 6.45) is -3.57. The lowest BCUT2D eigenvalue weighted by Gasteiger charge is -2.18. The number of hydrogen-bond donors (Lipinski definition) is 3. The third-order valence-corrected chi connectivity index (χ3v) is 5.73. The Morgan fingerprint density at radius 2 is 1.46 bits per heavy atom. The summed E-state index contributed by atoms with van der Waals surface area (Å²) in [4.78, 5) is 0. The fourth-order valence-corrected chi connectivity index (χ4v) is 3.51. The van der Waals surface area contributed by atoms with Crippen LogP contribution in [-0.4, -0.2) is 16.5 Å². The number of benzene rings is 2. The molecule has 192 valence electrons. The van der Waals surface area contributed by atoms with Crippen molar-refractivity contribution >= 4 is 5.70 Å². The van der Waals surface area contributed by atoms with E-state index >= 15 is 0 Å². The second kappa shape index (κ2) is 13.3. The van der Waals surface area contributed by atoms with Gasteiger partial charge >= 0.3 is 6.18 Å². The van der Waals surface area contributed by atoms with E-state index in [-0.39, 0.29) is 6.42 Å². The second-order valence-electron chi connectivity index (χ2n) is 9.10. The van der Waals surface area contributed by atoms with Gasteiger partial charge < -0.3 is 15.5 Å². The molecule has 3 N–H and O–H groups in total. The molecule has 0 amide bonds. The largest absolute Gasteiger partial charge is 0.416 e. The van der Waals surface area contributed by atoms with E-state index in [4.69, 9.17) is 10.2 Å². The van der Waals surface area contributed by atoms with Crippen molar-refractivity contribution in [1.82, 2.24) is 5.32 Å². The number of alkyl halides is 3. The van der Waals surface area contributed by atoms with E-state index in [0.717, 1.165) is 41.8 Å².